The molecule has 0 radical (unpaired) electrons. The average molecular weight is 424 g/mol. The van der Waals surface area contributed by atoms with Gasteiger partial charge in [-0.05, 0) is 24.3 Å². The van der Waals surface area contributed by atoms with Crippen LogP contribution in [0.5, 0.6) is 0 Å². The van der Waals surface area contributed by atoms with Crippen molar-refractivity contribution in [2.75, 3.05) is 11.4 Å². The first-order valence-corrected chi connectivity index (χ1v) is 10.2. The van der Waals surface area contributed by atoms with Crippen LogP contribution in [0.25, 0.3) is 11.4 Å². The summed E-state index contributed by atoms with van der Waals surface area (Å²) in [6.07, 6.45) is 0.599. The topological polar surface area (TPSA) is 147 Å². The summed E-state index contributed by atoms with van der Waals surface area (Å²) in [5.74, 6) is -3.58. The van der Waals surface area contributed by atoms with Crippen LogP contribution in [0, 0.1) is 6.92 Å². The van der Waals surface area contributed by atoms with E-state index in [1.807, 2.05) is 11.8 Å². The van der Waals surface area contributed by atoms with Crippen molar-refractivity contribution in [3.05, 3.63) is 34.6 Å². The summed E-state index contributed by atoms with van der Waals surface area (Å²) in [6, 6.07) is 2.52. The lowest BCUT2D eigenvalue weighted by molar-refractivity contribution is 0.0145. The lowest BCUT2D eigenvalue weighted by Gasteiger charge is -2.31. The van der Waals surface area contributed by atoms with Crippen molar-refractivity contribution in [1.29, 1.82) is 0 Å². The number of aromatic nitrogens is 6. The molecule has 154 valence electrons. The van der Waals surface area contributed by atoms with Gasteiger partial charge in [-0.15, -0.1) is 10.2 Å². The van der Waals surface area contributed by atoms with E-state index < -0.39 is 26.4 Å². The number of tetrazole rings is 1. The van der Waals surface area contributed by atoms with E-state index in [0.29, 0.717) is 32.1 Å². The molecule has 3 heterocycles. The Morgan fingerprint density at radius 3 is 2.66 bits per heavy atom. The number of anilines is 1. The Bertz CT molecular complexity index is 1170. The molecule has 0 amide bonds. The highest BCUT2D eigenvalue weighted by atomic mass is 32.2. The summed E-state index contributed by atoms with van der Waals surface area (Å²) in [5, 5.41) is 25.9. The first kappa shape index (κ1) is 19.4. The highest BCUT2D eigenvalue weighted by Crippen LogP contribution is 2.42. The Kier molecular flexibility index (Phi) is 4.38. The molecule has 29 heavy (non-hydrogen) atoms. The summed E-state index contributed by atoms with van der Waals surface area (Å²) in [4.78, 5) is 1.15. The van der Waals surface area contributed by atoms with Gasteiger partial charge in [0.15, 0.2) is 0 Å². The van der Waals surface area contributed by atoms with Gasteiger partial charge >= 0.3 is 0 Å². The first-order chi connectivity index (χ1) is 13.6. The molecular weight excluding hydrogens is 406 g/mol. The maximum atomic E-state index is 14.2. The Morgan fingerprint density at radius 1 is 1.28 bits per heavy atom. The van der Waals surface area contributed by atoms with Crippen LogP contribution in [-0.4, -0.2) is 45.8 Å². The molecule has 1 aliphatic heterocycles. The fraction of sp³-hybridized carbons (Fsp3) is 0.375. The smallest absolute Gasteiger partial charge is 0.271 e. The molecule has 3 aromatic rings. The summed E-state index contributed by atoms with van der Waals surface area (Å²) in [6.45, 7) is 3.40. The molecule has 13 heteroatoms. The van der Waals surface area contributed by atoms with Crippen molar-refractivity contribution in [2.45, 2.75) is 37.6 Å². The van der Waals surface area contributed by atoms with E-state index in [1.165, 1.54) is 6.07 Å². The van der Waals surface area contributed by atoms with Gasteiger partial charge in [0.2, 0.25) is 15.8 Å². The van der Waals surface area contributed by atoms with Gasteiger partial charge in [-0.2, -0.15) is 10.3 Å². The number of alkyl halides is 2. The normalized spacial score (nSPS) is 14.9. The Morgan fingerprint density at radius 2 is 2.03 bits per heavy atom. The highest BCUT2D eigenvalue weighted by molar-refractivity contribution is 7.89. The zero-order valence-electron chi connectivity index (χ0n) is 15.6. The fourth-order valence-electron chi connectivity index (χ4n) is 3.60. The number of rotatable bonds is 4. The average Bonchev–Trinajstić information content (AvgIpc) is 3.29. The predicted molar refractivity (Wildman–Crippen MR) is 98.6 cm³/mol. The van der Waals surface area contributed by atoms with E-state index in [4.69, 9.17) is 5.14 Å². The molecule has 0 aliphatic carbocycles. The number of hydrogen-bond acceptors (Lipinski definition) is 7. The maximum Gasteiger partial charge on any atom is 0.271 e. The minimum absolute atomic E-state index is 0.107. The number of nitrogens with two attached hydrogens (primary N) is 1. The number of H-pyrrole nitrogens is 2. The van der Waals surface area contributed by atoms with E-state index in [9.17, 15) is 17.2 Å². The Balaban J connectivity index is 1.97. The summed E-state index contributed by atoms with van der Waals surface area (Å²) >= 11 is 0. The third-order valence-corrected chi connectivity index (χ3v) is 5.92. The number of benzene rings is 1. The lowest BCUT2D eigenvalue weighted by atomic mass is 10.00. The minimum atomic E-state index is -4.54. The molecule has 0 unspecified atom stereocenters. The monoisotopic (exact) mass is 424 g/mol. The number of sulfonamides is 1. The molecule has 1 aromatic carbocycles. The van der Waals surface area contributed by atoms with Gasteiger partial charge in [-0.1, -0.05) is 0 Å². The molecule has 0 bridgehead atoms. The summed E-state index contributed by atoms with van der Waals surface area (Å²) in [5.41, 5.74) is 2.31. The van der Waals surface area contributed by atoms with Crippen LogP contribution in [0.2, 0.25) is 0 Å². The summed E-state index contributed by atoms with van der Waals surface area (Å²) < 4.78 is 53.3. The van der Waals surface area contributed by atoms with E-state index in [0.717, 1.165) is 23.0 Å². The van der Waals surface area contributed by atoms with Gasteiger partial charge in [0.05, 0.1) is 11.3 Å². The number of nitrogens with one attached hydrogen (secondary N) is 2. The van der Waals surface area contributed by atoms with E-state index in [1.54, 1.807) is 0 Å². The maximum absolute atomic E-state index is 14.2. The van der Waals surface area contributed by atoms with E-state index in [-0.39, 0.29) is 11.4 Å². The number of fused-ring (bicyclic) bond motifs is 1. The number of halogens is 2. The van der Waals surface area contributed by atoms with Crippen molar-refractivity contribution < 1.29 is 17.2 Å². The zero-order valence-corrected chi connectivity index (χ0v) is 16.4. The molecule has 4 N–H and O–H groups in total. The van der Waals surface area contributed by atoms with Gasteiger partial charge in [0.25, 0.3) is 5.92 Å². The SMILES string of the molecule is Cc1[nH]nc2c1CN(c1ccc(C(C)(F)F)c(S(N)(=O)=O)c1-c1nn[nH]n1)CC2. The van der Waals surface area contributed by atoms with Crippen molar-refractivity contribution in [2.24, 2.45) is 5.14 Å². The molecule has 10 nitrogen and oxygen atoms in total. The van der Waals surface area contributed by atoms with Crippen LogP contribution < -0.4 is 10.0 Å². The molecule has 4 rings (SSSR count). The largest absolute Gasteiger partial charge is 0.366 e. The predicted octanol–water partition coefficient (Wildman–Crippen LogP) is 1.22. The third kappa shape index (κ3) is 3.35. The van der Waals surface area contributed by atoms with Gasteiger partial charge in [0, 0.05) is 48.9 Å². The van der Waals surface area contributed by atoms with Gasteiger partial charge in [-0.25, -0.2) is 22.3 Å². The van der Waals surface area contributed by atoms with Gasteiger partial charge < -0.3 is 4.90 Å². The minimum Gasteiger partial charge on any atom is -0.366 e. The fourth-order valence-corrected chi connectivity index (χ4v) is 4.63. The van der Waals surface area contributed by atoms with Crippen LogP contribution in [0.4, 0.5) is 14.5 Å². The van der Waals surface area contributed by atoms with Crippen molar-refractivity contribution in [1.82, 2.24) is 30.8 Å². The number of aromatic amines is 2. The van der Waals surface area contributed by atoms with Crippen LogP contribution in [0.1, 0.15) is 29.4 Å². The first-order valence-electron chi connectivity index (χ1n) is 8.67. The molecule has 1 aliphatic rings. The van der Waals surface area contributed by atoms with Crippen molar-refractivity contribution in [3.8, 4) is 11.4 Å². The molecule has 2 aromatic heterocycles. The molecular formula is C16H18F2N8O2S. The highest BCUT2D eigenvalue weighted by Gasteiger charge is 2.37. The van der Waals surface area contributed by atoms with Crippen molar-refractivity contribution >= 4 is 15.7 Å². The van der Waals surface area contributed by atoms with Crippen LogP contribution in [-0.2, 0) is 28.9 Å². The van der Waals surface area contributed by atoms with Crippen LogP contribution in [0.3, 0.4) is 0 Å². The Labute approximate surface area is 164 Å². The summed E-state index contributed by atoms with van der Waals surface area (Å²) in [7, 11) is -4.54. The number of hydrogen-bond donors (Lipinski definition) is 3. The Hall–Kier alpha value is -2.93. The lowest BCUT2D eigenvalue weighted by Crippen LogP contribution is -2.32. The molecule has 0 fully saturated rings. The van der Waals surface area contributed by atoms with Crippen LogP contribution >= 0.6 is 0 Å². The number of primary sulfonamides is 1. The molecule has 0 saturated carbocycles. The van der Waals surface area contributed by atoms with Crippen molar-refractivity contribution in [3.63, 3.8) is 0 Å². The quantitative estimate of drug-likeness (QED) is 0.570. The number of nitrogens with zero attached hydrogens (tertiary/aromatic N) is 5. The van der Waals surface area contributed by atoms with E-state index in [2.05, 4.69) is 30.8 Å². The van der Waals surface area contributed by atoms with Crippen LogP contribution in [0.15, 0.2) is 17.0 Å². The molecule has 0 atom stereocenters. The second-order valence-corrected chi connectivity index (χ2v) is 8.45. The second kappa shape index (κ2) is 6.56. The molecule has 0 spiro atoms. The van der Waals surface area contributed by atoms with Gasteiger partial charge in [0.1, 0.15) is 4.90 Å². The molecule has 0 saturated heterocycles. The zero-order chi connectivity index (χ0) is 21.0. The third-order valence-electron chi connectivity index (χ3n) is 4.93. The van der Waals surface area contributed by atoms with E-state index >= 15 is 0 Å². The second-order valence-electron chi connectivity index (χ2n) is 6.95. The standard InChI is InChI=1S/C16H18F2N8O2S/c1-8-9-7-26(6-5-11(9)21-20-8)12-4-3-10(16(2,17)18)14(29(19,27)28)13(12)15-22-24-25-23-15/h3-4H,5-7H2,1-2H3,(H,20,21)(H2,19,27,28)(H,22,23,24,25). The number of aryl methyl sites for hydroxylation is 1. The van der Waals surface area contributed by atoms with Gasteiger partial charge in [-0.3, -0.25) is 5.10 Å².